The van der Waals surface area contributed by atoms with Crippen molar-refractivity contribution in [1.29, 1.82) is 0 Å². The van der Waals surface area contributed by atoms with E-state index in [0.717, 1.165) is 0 Å². The van der Waals surface area contributed by atoms with Gasteiger partial charge in [0.25, 0.3) is 0 Å². The Kier molecular flexibility index (Phi) is 4.57. The van der Waals surface area contributed by atoms with E-state index in [1.165, 1.54) is 20.3 Å². The smallest absolute Gasteiger partial charge is 0.338 e. The predicted octanol–water partition coefficient (Wildman–Crippen LogP) is 2.31. The summed E-state index contributed by atoms with van der Waals surface area (Å²) in [6.07, 6.45) is 4.33. The number of hydrogen-bond acceptors (Lipinski definition) is 4. The lowest BCUT2D eigenvalue weighted by Gasteiger charge is -2.10. The van der Waals surface area contributed by atoms with Crippen molar-refractivity contribution in [2.75, 3.05) is 14.2 Å². The van der Waals surface area contributed by atoms with Gasteiger partial charge in [-0.25, -0.2) is 4.79 Å². The molecule has 1 N–H and O–H groups in total. The van der Waals surface area contributed by atoms with Crippen LogP contribution < -0.4 is 4.74 Å². The molecule has 0 aliphatic rings. The van der Waals surface area contributed by atoms with E-state index in [0.29, 0.717) is 17.7 Å². The number of benzene rings is 1. The van der Waals surface area contributed by atoms with Crippen LogP contribution >= 0.6 is 0 Å². The number of carbonyl (C=O) groups excluding carboxylic acids is 1. The normalized spacial score (nSPS) is 10.5. The minimum absolute atomic E-state index is 0.0304. The number of allylic oxidation sites excluding steroid dienone is 2. The molecule has 0 spiro atoms. The van der Waals surface area contributed by atoms with E-state index in [-0.39, 0.29) is 11.3 Å². The maximum absolute atomic E-state index is 11.4. The molecule has 17 heavy (non-hydrogen) atoms. The lowest BCUT2D eigenvalue weighted by atomic mass is 10.1. The molecule has 4 heteroatoms. The van der Waals surface area contributed by atoms with Gasteiger partial charge < -0.3 is 14.6 Å². The fourth-order valence-electron chi connectivity index (χ4n) is 1.49. The molecular weight excluding hydrogens is 220 g/mol. The van der Waals surface area contributed by atoms with Crippen molar-refractivity contribution in [3.05, 3.63) is 35.4 Å². The highest BCUT2D eigenvalue weighted by atomic mass is 16.5. The summed E-state index contributed by atoms with van der Waals surface area (Å²) in [5.41, 5.74) is 0.921. The van der Waals surface area contributed by atoms with Crippen molar-refractivity contribution >= 4 is 5.97 Å². The van der Waals surface area contributed by atoms with Crippen molar-refractivity contribution in [3.63, 3.8) is 0 Å². The molecule has 0 saturated carbocycles. The van der Waals surface area contributed by atoms with Crippen LogP contribution in [0, 0.1) is 0 Å². The zero-order chi connectivity index (χ0) is 12.8. The molecule has 1 aromatic rings. The minimum Gasteiger partial charge on any atom is -0.507 e. The van der Waals surface area contributed by atoms with Crippen molar-refractivity contribution in [3.8, 4) is 11.5 Å². The number of rotatable bonds is 4. The van der Waals surface area contributed by atoms with Gasteiger partial charge in [0.2, 0.25) is 0 Å². The van der Waals surface area contributed by atoms with Crippen LogP contribution in [0.1, 0.15) is 22.8 Å². The molecule has 0 heterocycles. The molecule has 1 aromatic carbocycles. The number of aromatic hydroxyl groups is 1. The van der Waals surface area contributed by atoms with Gasteiger partial charge in [0, 0.05) is 5.56 Å². The first kappa shape index (κ1) is 13.1. The van der Waals surface area contributed by atoms with Crippen LogP contribution in [0.25, 0.3) is 0 Å². The van der Waals surface area contributed by atoms with E-state index in [1.807, 2.05) is 19.1 Å². The Morgan fingerprint density at radius 3 is 2.65 bits per heavy atom. The van der Waals surface area contributed by atoms with Crippen molar-refractivity contribution in [2.24, 2.45) is 0 Å². The highest BCUT2D eigenvalue weighted by Gasteiger charge is 2.14. The van der Waals surface area contributed by atoms with Crippen molar-refractivity contribution in [2.45, 2.75) is 13.3 Å². The van der Waals surface area contributed by atoms with Crippen LogP contribution in [0.2, 0.25) is 0 Å². The van der Waals surface area contributed by atoms with E-state index in [2.05, 4.69) is 4.74 Å². The molecule has 0 fully saturated rings. The van der Waals surface area contributed by atoms with Gasteiger partial charge in [-0.2, -0.15) is 0 Å². The maximum atomic E-state index is 11.4. The molecule has 0 unspecified atom stereocenters. The monoisotopic (exact) mass is 236 g/mol. The zero-order valence-electron chi connectivity index (χ0n) is 10.2. The Morgan fingerprint density at radius 1 is 1.41 bits per heavy atom. The summed E-state index contributed by atoms with van der Waals surface area (Å²) in [5, 5.41) is 9.85. The summed E-state index contributed by atoms with van der Waals surface area (Å²) in [5.74, 6) is 0.00235. The SMILES string of the molecule is CC=CCc1c(O)cc(C(=O)OC)cc1OC. The molecule has 0 aliphatic carbocycles. The van der Waals surface area contributed by atoms with Gasteiger partial charge in [-0.1, -0.05) is 12.2 Å². The molecule has 0 amide bonds. The first-order chi connectivity index (χ1) is 8.13. The highest BCUT2D eigenvalue weighted by molar-refractivity contribution is 5.90. The summed E-state index contributed by atoms with van der Waals surface area (Å²) < 4.78 is 9.75. The van der Waals surface area contributed by atoms with Crippen LogP contribution in [0.4, 0.5) is 0 Å². The van der Waals surface area contributed by atoms with Crippen LogP contribution in [0.5, 0.6) is 11.5 Å². The Hall–Kier alpha value is -1.97. The van der Waals surface area contributed by atoms with Gasteiger partial charge in [-0.05, 0) is 25.5 Å². The topological polar surface area (TPSA) is 55.8 Å². The molecule has 0 radical (unpaired) electrons. The summed E-state index contributed by atoms with van der Waals surface area (Å²) in [7, 11) is 2.79. The lowest BCUT2D eigenvalue weighted by Crippen LogP contribution is -2.03. The van der Waals surface area contributed by atoms with Gasteiger partial charge in [0.15, 0.2) is 0 Å². The van der Waals surface area contributed by atoms with Crippen molar-refractivity contribution in [1.82, 2.24) is 0 Å². The van der Waals surface area contributed by atoms with E-state index in [9.17, 15) is 9.90 Å². The standard InChI is InChI=1S/C13H16O4/c1-4-5-6-10-11(14)7-9(13(15)17-3)8-12(10)16-2/h4-5,7-8,14H,6H2,1-3H3. The second-order valence-corrected chi connectivity index (χ2v) is 3.44. The second-order valence-electron chi connectivity index (χ2n) is 3.44. The highest BCUT2D eigenvalue weighted by Crippen LogP contribution is 2.30. The third kappa shape index (κ3) is 3.00. The van der Waals surface area contributed by atoms with E-state index >= 15 is 0 Å². The largest absolute Gasteiger partial charge is 0.507 e. The molecule has 0 aliphatic heterocycles. The van der Waals surface area contributed by atoms with E-state index < -0.39 is 5.97 Å². The van der Waals surface area contributed by atoms with E-state index in [4.69, 9.17) is 4.74 Å². The third-order valence-corrected chi connectivity index (χ3v) is 2.38. The van der Waals surface area contributed by atoms with Gasteiger partial charge in [0.1, 0.15) is 11.5 Å². The first-order valence-corrected chi connectivity index (χ1v) is 5.23. The molecule has 92 valence electrons. The Morgan fingerprint density at radius 2 is 2.12 bits per heavy atom. The molecule has 4 nitrogen and oxygen atoms in total. The quantitative estimate of drug-likeness (QED) is 0.643. The van der Waals surface area contributed by atoms with Crippen LogP contribution in [0.3, 0.4) is 0 Å². The number of phenolic OH excluding ortho intramolecular Hbond substituents is 1. The molecule has 0 aromatic heterocycles. The van der Waals surface area contributed by atoms with Gasteiger partial charge in [0.05, 0.1) is 19.8 Å². The number of carbonyl (C=O) groups is 1. The van der Waals surface area contributed by atoms with Gasteiger partial charge in [-0.3, -0.25) is 0 Å². The fourth-order valence-corrected chi connectivity index (χ4v) is 1.49. The molecule has 0 saturated heterocycles. The van der Waals surface area contributed by atoms with Gasteiger partial charge in [-0.15, -0.1) is 0 Å². The van der Waals surface area contributed by atoms with Gasteiger partial charge >= 0.3 is 5.97 Å². The average molecular weight is 236 g/mol. The predicted molar refractivity (Wildman–Crippen MR) is 64.5 cm³/mol. The number of ether oxygens (including phenoxy) is 2. The Balaban J connectivity index is 3.20. The molecule has 0 atom stereocenters. The summed E-state index contributed by atoms with van der Waals surface area (Å²) >= 11 is 0. The Bertz CT molecular complexity index is 435. The average Bonchev–Trinajstić information content (AvgIpc) is 2.35. The van der Waals surface area contributed by atoms with Crippen molar-refractivity contribution < 1.29 is 19.4 Å². The van der Waals surface area contributed by atoms with Crippen LogP contribution in [-0.4, -0.2) is 25.3 Å². The maximum Gasteiger partial charge on any atom is 0.338 e. The number of esters is 1. The summed E-state index contributed by atoms with van der Waals surface area (Å²) in [6, 6.07) is 2.94. The second kappa shape index (κ2) is 5.94. The van der Waals surface area contributed by atoms with Crippen LogP contribution in [0.15, 0.2) is 24.3 Å². The minimum atomic E-state index is -0.504. The number of hydrogen-bond donors (Lipinski definition) is 1. The zero-order valence-corrected chi connectivity index (χ0v) is 10.2. The number of phenols is 1. The summed E-state index contributed by atoms with van der Waals surface area (Å²) in [4.78, 5) is 11.4. The van der Waals surface area contributed by atoms with E-state index in [1.54, 1.807) is 6.07 Å². The Labute approximate surface area is 100 Å². The molecule has 1 rings (SSSR count). The summed E-state index contributed by atoms with van der Waals surface area (Å²) in [6.45, 7) is 1.90. The fraction of sp³-hybridized carbons (Fsp3) is 0.308. The number of methoxy groups -OCH3 is 2. The molecular formula is C13H16O4. The first-order valence-electron chi connectivity index (χ1n) is 5.23. The molecule has 0 bridgehead atoms. The third-order valence-electron chi connectivity index (χ3n) is 2.38. The lowest BCUT2D eigenvalue weighted by molar-refractivity contribution is 0.0600. The van der Waals surface area contributed by atoms with Crippen LogP contribution in [-0.2, 0) is 11.2 Å².